The zero-order valence-corrected chi connectivity index (χ0v) is 17.1. The second-order valence-corrected chi connectivity index (χ2v) is 7.03. The van der Waals surface area contributed by atoms with E-state index in [-0.39, 0.29) is 5.69 Å². The van der Waals surface area contributed by atoms with Gasteiger partial charge in [-0.3, -0.25) is 15.5 Å². The quantitative estimate of drug-likeness (QED) is 0.147. The molecule has 0 saturated carbocycles. The number of nitrogens with one attached hydrogen (secondary N) is 2. The molecule has 1 aromatic rings. The molecule has 1 aromatic carbocycles. The van der Waals surface area contributed by atoms with Crippen molar-refractivity contribution in [1.29, 1.82) is 0 Å². The van der Waals surface area contributed by atoms with E-state index in [4.69, 9.17) is 12.2 Å². The van der Waals surface area contributed by atoms with Gasteiger partial charge in [-0.05, 0) is 24.7 Å². The third kappa shape index (κ3) is 11.3. The maximum Gasteiger partial charge on any atom is 0.278 e. The predicted octanol–water partition coefficient (Wildman–Crippen LogP) is 5.31. The number of rotatable bonds is 14. The van der Waals surface area contributed by atoms with Gasteiger partial charge in [0.1, 0.15) is 0 Å². The van der Waals surface area contributed by atoms with Crippen LogP contribution in [0.3, 0.4) is 0 Å². The molecule has 7 heteroatoms. The number of unbranched alkanes of at least 4 members (excludes halogenated alkanes) is 9. The number of nitrogens with zero attached hydrogens (tertiary/aromatic N) is 2. The summed E-state index contributed by atoms with van der Waals surface area (Å²) < 4.78 is 0. The minimum atomic E-state index is -0.427. The molecular formula is C20H32N4O2S. The largest absolute Gasteiger partial charge is 0.361 e. The molecule has 0 atom stereocenters. The van der Waals surface area contributed by atoms with E-state index in [0.717, 1.165) is 13.0 Å². The molecule has 0 spiro atoms. The number of para-hydroxylation sites is 1. The Kier molecular flexibility index (Phi) is 12.9. The normalized spacial score (nSPS) is 10.9. The second-order valence-electron chi connectivity index (χ2n) is 6.62. The first-order chi connectivity index (χ1) is 13.1. The van der Waals surface area contributed by atoms with Crippen LogP contribution in [0.1, 0.15) is 76.7 Å². The van der Waals surface area contributed by atoms with Crippen molar-refractivity contribution in [3.05, 3.63) is 39.9 Å². The summed E-state index contributed by atoms with van der Waals surface area (Å²) in [6.07, 6.45) is 14.4. The molecule has 0 unspecified atom stereocenters. The average Bonchev–Trinajstić information content (AvgIpc) is 2.66. The lowest BCUT2D eigenvalue weighted by atomic mass is 10.1. The van der Waals surface area contributed by atoms with Crippen LogP contribution in [0.5, 0.6) is 0 Å². The van der Waals surface area contributed by atoms with Crippen molar-refractivity contribution in [2.45, 2.75) is 71.1 Å². The fourth-order valence-electron chi connectivity index (χ4n) is 2.78. The van der Waals surface area contributed by atoms with Gasteiger partial charge in [-0.15, -0.1) is 0 Å². The highest BCUT2D eigenvalue weighted by Crippen LogP contribution is 2.15. The molecule has 1 rings (SSSR count). The summed E-state index contributed by atoms with van der Waals surface area (Å²) in [6.45, 7) is 3.06. The number of benzene rings is 1. The number of hydrogen-bond acceptors (Lipinski definition) is 4. The number of nitro benzene ring substituents is 1. The molecule has 150 valence electrons. The SMILES string of the molecule is CCCCCCCCCCCCNC(=S)N/N=C\c1ccccc1[N+](=O)[O-]. The van der Waals surface area contributed by atoms with Gasteiger partial charge in [0.25, 0.3) is 5.69 Å². The minimum Gasteiger partial charge on any atom is -0.361 e. The van der Waals surface area contributed by atoms with E-state index >= 15 is 0 Å². The Bertz CT molecular complexity index is 593. The Balaban J connectivity index is 2.06. The molecule has 0 aliphatic heterocycles. The molecule has 6 nitrogen and oxygen atoms in total. The first-order valence-corrected chi connectivity index (χ1v) is 10.4. The topological polar surface area (TPSA) is 79.6 Å². The number of thiocarbonyl (C=S) groups is 1. The number of hydrazone groups is 1. The third-order valence-electron chi connectivity index (χ3n) is 4.32. The molecule has 0 aliphatic carbocycles. The Morgan fingerprint density at radius 3 is 2.30 bits per heavy atom. The van der Waals surface area contributed by atoms with Gasteiger partial charge in [0, 0.05) is 12.6 Å². The molecular weight excluding hydrogens is 360 g/mol. The molecule has 0 saturated heterocycles. The van der Waals surface area contributed by atoms with Crippen LogP contribution in [0.25, 0.3) is 0 Å². The summed E-state index contributed by atoms with van der Waals surface area (Å²) in [4.78, 5) is 10.5. The standard InChI is InChI=1S/C20H32N4O2S/c1-2-3-4-5-6-7-8-9-10-13-16-21-20(27)23-22-17-18-14-11-12-15-19(18)24(25)26/h11-12,14-15,17H,2-10,13,16H2,1H3,(H2,21,23,27)/b22-17-. The van der Waals surface area contributed by atoms with Gasteiger partial charge in [-0.25, -0.2) is 0 Å². The minimum absolute atomic E-state index is 0.0206. The van der Waals surface area contributed by atoms with Crippen LogP contribution in [0.4, 0.5) is 5.69 Å². The summed E-state index contributed by atoms with van der Waals surface area (Å²) in [5.74, 6) is 0. The third-order valence-corrected chi connectivity index (χ3v) is 4.55. The van der Waals surface area contributed by atoms with Gasteiger partial charge < -0.3 is 5.32 Å². The maximum atomic E-state index is 10.9. The zero-order chi connectivity index (χ0) is 19.7. The van der Waals surface area contributed by atoms with Crippen LogP contribution in [-0.2, 0) is 0 Å². The lowest BCUT2D eigenvalue weighted by Crippen LogP contribution is -2.32. The summed E-state index contributed by atoms with van der Waals surface area (Å²) in [6, 6.07) is 6.45. The van der Waals surface area contributed by atoms with Gasteiger partial charge in [0.2, 0.25) is 0 Å². The lowest BCUT2D eigenvalue weighted by Gasteiger charge is -2.07. The van der Waals surface area contributed by atoms with Crippen LogP contribution in [-0.4, -0.2) is 22.8 Å². The van der Waals surface area contributed by atoms with Crippen LogP contribution >= 0.6 is 12.2 Å². The number of hydrogen-bond donors (Lipinski definition) is 2. The molecule has 0 heterocycles. The van der Waals surface area contributed by atoms with E-state index in [1.165, 1.54) is 70.1 Å². The van der Waals surface area contributed by atoms with Crippen molar-refractivity contribution < 1.29 is 4.92 Å². The second kappa shape index (κ2) is 15.1. The molecule has 2 N–H and O–H groups in total. The highest BCUT2D eigenvalue weighted by molar-refractivity contribution is 7.80. The summed E-state index contributed by atoms with van der Waals surface area (Å²) in [5, 5.41) is 18.4. The van der Waals surface area contributed by atoms with E-state index in [2.05, 4.69) is 22.8 Å². The van der Waals surface area contributed by atoms with Crippen molar-refractivity contribution in [2.75, 3.05) is 6.54 Å². The Labute approximate surface area is 168 Å². The van der Waals surface area contributed by atoms with Gasteiger partial charge >= 0.3 is 0 Å². The van der Waals surface area contributed by atoms with E-state index in [1.807, 2.05) is 0 Å². The van der Waals surface area contributed by atoms with E-state index in [0.29, 0.717) is 10.7 Å². The molecule has 0 aromatic heterocycles. The van der Waals surface area contributed by atoms with E-state index < -0.39 is 4.92 Å². The van der Waals surface area contributed by atoms with Crippen LogP contribution < -0.4 is 10.7 Å². The van der Waals surface area contributed by atoms with Gasteiger partial charge in [0.15, 0.2) is 5.11 Å². The summed E-state index contributed by atoms with van der Waals surface area (Å²) in [7, 11) is 0. The first-order valence-electron chi connectivity index (χ1n) is 9.95. The molecule has 0 aliphatic rings. The maximum absolute atomic E-state index is 10.9. The summed E-state index contributed by atoms with van der Waals surface area (Å²) in [5.41, 5.74) is 3.16. The van der Waals surface area contributed by atoms with E-state index in [9.17, 15) is 10.1 Å². The van der Waals surface area contributed by atoms with Gasteiger partial charge in [-0.1, -0.05) is 76.8 Å². The Morgan fingerprint density at radius 2 is 1.67 bits per heavy atom. The Hall–Kier alpha value is -2.02. The summed E-state index contributed by atoms with van der Waals surface area (Å²) >= 11 is 5.15. The fraction of sp³-hybridized carbons (Fsp3) is 0.600. The average molecular weight is 393 g/mol. The highest BCUT2D eigenvalue weighted by Gasteiger charge is 2.09. The first kappa shape index (κ1) is 23.0. The molecule has 27 heavy (non-hydrogen) atoms. The smallest absolute Gasteiger partial charge is 0.278 e. The van der Waals surface area contributed by atoms with Gasteiger partial charge in [-0.2, -0.15) is 5.10 Å². The zero-order valence-electron chi connectivity index (χ0n) is 16.3. The Morgan fingerprint density at radius 1 is 1.07 bits per heavy atom. The van der Waals surface area contributed by atoms with Crippen molar-refractivity contribution in [3.8, 4) is 0 Å². The van der Waals surface area contributed by atoms with Crippen LogP contribution in [0.2, 0.25) is 0 Å². The predicted molar refractivity (Wildman–Crippen MR) is 116 cm³/mol. The van der Waals surface area contributed by atoms with Gasteiger partial charge in [0.05, 0.1) is 16.7 Å². The van der Waals surface area contributed by atoms with Crippen molar-refractivity contribution >= 4 is 29.2 Å². The monoisotopic (exact) mass is 392 g/mol. The molecule has 0 bridgehead atoms. The fourth-order valence-corrected chi connectivity index (χ4v) is 2.93. The van der Waals surface area contributed by atoms with Crippen molar-refractivity contribution in [3.63, 3.8) is 0 Å². The van der Waals surface area contributed by atoms with Crippen LogP contribution in [0, 0.1) is 10.1 Å². The lowest BCUT2D eigenvalue weighted by molar-refractivity contribution is -0.385. The molecule has 0 fully saturated rings. The van der Waals surface area contributed by atoms with Crippen molar-refractivity contribution in [2.24, 2.45) is 5.10 Å². The number of nitro groups is 1. The molecule has 0 radical (unpaired) electrons. The van der Waals surface area contributed by atoms with Crippen molar-refractivity contribution in [1.82, 2.24) is 10.7 Å². The van der Waals surface area contributed by atoms with Crippen LogP contribution in [0.15, 0.2) is 29.4 Å². The highest BCUT2D eigenvalue weighted by atomic mass is 32.1. The van der Waals surface area contributed by atoms with E-state index in [1.54, 1.807) is 18.2 Å². The molecule has 0 amide bonds.